The minimum absolute atomic E-state index is 0.0144. The van der Waals surface area contributed by atoms with Gasteiger partial charge in [-0.3, -0.25) is 19.2 Å². The summed E-state index contributed by atoms with van der Waals surface area (Å²) in [7, 11) is 0. The Labute approximate surface area is 428 Å². The van der Waals surface area contributed by atoms with E-state index < -0.39 is 23.7 Å². The van der Waals surface area contributed by atoms with E-state index in [-0.39, 0.29) is 47.8 Å². The molecule has 71 heavy (non-hydrogen) atoms. The van der Waals surface area contributed by atoms with E-state index in [1.54, 1.807) is 0 Å². The number of amides is 4. The average Bonchev–Trinajstić information content (AvgIpc) is 3.82. The number of carbonyl (C=O) groups is 4. The molecule has 0 saturated carbocycles. The summed E-state index contributed by atoms with van der Waals surface area (Å²) < 4.78 is 25.4. The molecular formula is C55H98N8O8. The third-order valence-corrected chi connectivity index (χ3v) is 16.6. The summed E-state index contributed by atoms with van der Waals surface area (Å²) in [6.45, 7) is 35.0. The van der Waals surface area contributed by atoms with Gasteiger partial charge in [0.1, 0.15) is 12.1 Å². The lowest BCUT2D eigenvalue weighted by Gasteiger charge is -2.50. The van der Waals surface area contributed by atoms with Crippen molar-refractivity contribution in [3.63, 3.8) is 0 Å². The maximum absolute atomic E-state index is 14.0. The Hall–Kier alpha value is -2.44. The Bertz CT molecular complexity index is 1720. The highest BCUT2D eigenvalue weighted by Gasteiger charge is 2.49. The van der Waals surface area contributed by atoms with E-state index in [1.807, 2.05) is 19.6 Å². The smallest absolute Gasteiger partial charge is 0.245 e. The van der Waals surface area contributed by atoms with Crippen molar-refractivity contribution in [2.24, 2.45) is 35.5 Å². The minimum atomic E-state index is -0.571. The van der Waals surface area contributed by atoms with Crippen LogP contribution in [0.15, 0.2) is 0 Å². The van der Waals surface area contributed by atoms with Crippen molar-refractivity contribution in [1.29, 1.82) is 0 Å². The molecule has 0 aromatic heterocycles. The number of ether oxygens (including phenoxy) is 4. The highest BCUT2D eigenvalue weighted by atomic mass is 16.7. The van der Waals surface area contributed by atoms with Crippen molar-refractivity contribution >= 4 is 23.6 Å². The summed E-state index contributed by atoms with van der Waals surface area (Å²) in [4.78, 5) is 67.4. The molecule has 0 unspecified atom stereocenters. The van der Waals surface area contributed by atoms with Gasteiger partial charge in [-0.15, -0.1) is 0 Å². The maximum atomic E-state index is 14.0. The van der Waals surface area contributed by atoms with Crippen LogP contribution in [0.25, 0.3) is 0 Å². The van der Waals surface area contributed by atoms with Crippen LogP contribution < -0.4 is 10.6 Å². The molecule has 406 valence electrons. The van der Waals surface area contributed by atoms with Gasteiger partial charge in [0.05, 0.1) is 38.5 Å². The molecule has 8 aliphatic rings. The van der Waals surface area contributed by atoms with Crippen LogP contribution in [0.3, 0.4) is 0 Å². The zero-order valence-electron chi connectivity index (χ0n) is 46.0. The summed E-state index contributed by atoms with van der Waals surface area (Å²) in [5.41, 5.74) is 0. The monoisotopic (exact) mass is 999 g/mol. The van der Waals surface area contributed by atoms with E-state index in [9.17, 15) is 19.2 Å². The molecule has 0 radical (unpaired) electrons. The van der Waals surface area contributed by atoms with E-state index in [4.69, 9.17) is 18.9 Å². The first-order valence-corrected chi connectivity index (χ1v) is 28.5. The zero-order chi connectivity index (χ0) is 51.0. The molecule has 6 atom stereocenters. The van der Waals surface area contributed by atoms with Crippen LogP contribution in [-0.2, 0) is 38.1 Å². The first-order chi connectivity index (χ1) is 33.8. The number of nitrogens with zero attached hydrogens (tertiary/aromatic N) is 6. The molecule has 0 aromatic carbocycles. The van der Waals surface area contributed by atoms with Crippen molar-refractivity contribution < 1.29 is 38.1 Å². The molecule has 16 nitrogen and oxygen atoms in total. The summed E-state index contributed by atoms with van der Waals surface area (Å²) >= 11 is 0. The highest BCUT2D eigenvalue weighted by molar-refractivity contribution is 5.91. The van der Waals surface area contributed by atoms with Crippen LogP contribution in [0.2, 0.25) is 0 Å². The quantitative estimate of drug-likeness (QED) is 0.214. The Morgan fingerprint density at radius 3 is 1.21 bits per heavy atom. The Kier molecular flexibility index (Phi) is 20.1. The van der Waals surface area contributed by atoms with E-state index in [0.29, 0.717) is 100 Å². The summed E-state index contributed by atoms with van der Waals surface area (Å²) in [6, 6.07) is -1.15. The summed E-state index contributed by atoms with van der Waals surface area (Å²) in [5, 5.41) is 6.75. The lowest BCUT2D eigenvalue weighted by Crippen LogP contribution is -2.64. The van der Waals surface area contributed by atoms with Crippen molar-refractivity contribution in [2.75, 3.05) is 105 Å². The van der Waals surface area contributed by atoms with Crippen LogP contribution in [0.5, 0.6) is 0 Å². The number of likely N-dealkylation sites (tertiary alicyclic amines) is 4. The third-order valence-electron chi connectivity index (χ3n) is 16.6. The number of nitrogens with one attached hydrogen (secondary N) is 2. The van der Waals surface area contributed by atoms with Gasteiger partial charge in [0, 0.05) is 102 Å². The average molecular weight is 999 g/mol. The van der Waals surface area contributed by atoms with Crippen LogP contribution in [0, 0.1) is 35.5 Å². The number of hydrogen-bond acceptors (Lipinski definition) is 12. The maximum Gasteiger partial charge on any atom is 0.245 e. The molecule has 4 amide bonds. The van der Waals surface area contributed by atoms with Crippen LogP contribution in [0.1, 0.15) is 140 Å². The molecule has 8 rings (SSSR count). The predicted molar refractivity (Wildman–Crippen MR) is 276 cm³/mol. The molecule has 0 aromatic rings. The van der Waals surface area contributed by atoms with Crippen molar-refractivity contribution in [1.82, 2.24) is 40.0 Å². The van der Waals surface area contributed by atoms with Crippen LogP contribution in [0.4, 0.5) is 0 Å². The van der Waals surface area contributed by atoms with E-state index in [2.05, 4.69) is 89.7 Å². The molecule has 8 aliphatic heterocycles. The van der Waals surface area contributed by atoms with Crippen LogP contribution in [-0.4, -0.2) is 206 Å². The summed E-state index contributed by atoms with van der Waals surface area (Å²) in [6.07, 6.45) is 9.66. The Balaban J connectivity index is 0.000000209. The molecule has 8 fully saturated rings. The molecule has 8 heterocycles. The first-order valence-electron chi connectivity index (χ1n) is 28.5. The number of piperazine rings is 2. The van der Waals surface area contributed by atoms with Crippen molar-refractivity contribution in [2.45, 2.75) is 188 Å². The Morgan fingerprint density at radius 1 is 0.535 bits per heavy atom. The van der Waals surface area contributed by atoms with Gasteiger partial charge in [-0.2, -0.15) is 0 Å². The van der Waals surface area contributed by atoms with Crippen molar-refractivity contribution in [3.05, 3.63) is 0 Å². The summed E-state index contributed by atoms with van der Waals surface area (Å²) in [5.74, 6) is 1.57. The fourth-order valence-electron chi connectivity index (χ4n) is 12.7. The van der Waals surface area contributed by atoms with Gasteiger partial charge < -0.3 is 59.0 Å². The highest BCUT2D eigenvalue weighted by Crippen LogP contribution is 2.38. The topological polar surface area (TPSA) is 149 Å². The third kappa shape index (κ3) is 14.7. The molecule has 0 bridgehead atoms. The number of piperidine rings is 2. The molecule has 2 spiro atoms. The van der Waals surface area contributed by atoms with Gasteiger partial charge in [0.2, 0.25) is 23.6 Å². The van der Waals surface area contributed by atoms with Gasteiger partial charge in [-0.25, -0.2) is 0 Å². The molecule has 16 heteroatoms. The second-order valence-electron chi connectivity index (χ2n) is 24.8. The van der Waals surface area contributed by atoms with E-state index in [0.717, 1.165) is 65.4 Å². The fraction of sp³-hybridized carbons (Fsp3) is 0.927. The normalized spacial score (nSPS) is 33.3. The number of carbonyl (C=O) groups excluding carboxylic acids is 4. The lowest BCUT2D eigenvalue weighted by molar-refractivity contribution is -0.304. The Morgan fingerprint density at radius 2 is 0.901 bits per heavy atom. The molecule has 0 aliphatic carbocycles. The minimum Gasteiger partial charge on any atom is -0.349 e. The number of hydrogen-bond donors (Lipinski definition) is 2. The van der Waals surface area contributed by atoms with Crippen molar-refractivity contribution in [3.8, 4) is 0 Å². The second-order valence-corrected chi connectivity index (χ2v) is 24.8. The first kappa shape index (κ1) is 56.3. The van der Waals surface area contributed by atoms with Gasteiger partial charge in [0.15, 0.2) is 11.6 Å². The fourth-order valence-corrected chi connectivity index (χ4v) is 12.7. The predicted octanol–water partition coefficient (Wildman–Crippen LogP) is 5.04. The lowest BCUT2D eigenvalue weighted by atomic mass is 9.92. The van der Waals surface area contributed by atoms with Crippen LogP contribution >= 0.6 is 0 Å². The van der Waals surface area contributed by atoms with Gasteiger partial charge in [0.25, 0.3) is 0 Å². The van der Waals surface area contributed by atoms with Gasteiger partial charge >= 0.3 is 0 Å². The molecule has 8 saturated heterocycles. The molecule has 2 N–H and O–H groups in total. The van der Waals surface area contributed by atoms with Gasteiger partial charge in [-0.1, -0.05) is 55.4 Å². The second kappa shape index (κ2) is 25.4. The SMILES string of the molecule is CC(C)C[C@@H]1NCCN([C@@H](CC(C)C)C(=O)N2CCC3(C[C@@H]2C)OCC(CN2CCC2)CO3)C1=O.CC(C)C[C@@H]1NCCN([C@@H](CC(C)C)C(=O)N2CCC3(C[C@@H]2C)OCC(CN2CCCC2)CO3)C1=O. The number of rotatable bonds is 16. The van der Waals surface area contributed by atoms with E-state index in [1.165, 1.54) is 45.4 Å². The van der Waals surface area contributed by atoms with Gasteiger partial charge in [-0.05, 0) is 109 Å². The zero-order valence-corrected chi connectivity index (χ0v) is 46.0. The molecular weight excluding hydrogens is 901 g/mol. The largest absolute Gasteiger partial charge is 0.349 e. The van der Waals surface area contributed by atoms with E-state index >= 15 is 0 Å². The standard InChI is InChI=1S/C28H50N4O4.C27H48N4O4/c1-20(2)14-24-26(33)32(13-9-29-24)25(15-21(3)4)27(34)31-12-8-28(16-22(31)5)35-18-23(19-36-28)17-30-10-6-7-11-30;1-19(2)13-23-25(32)31(12-8-28-23)24(14-20(3)4)26(33)30-11-7-27(15-21(30)5)34-17-22(18-35-27)16-29-9-6-10-29/h20-25,29H,6-19H2,1-5H3;19-24,28H,6-18H2,1-5H3/t22-,23?,24-,25-,28?;21-,22?,23-,24-,27?/m00/s1.